The van der Waals surface area contributed by atoms with Gasteiger partial charge in [-0.3, -0.25) is 4.79 Å². The molecule has 0 saturated carbocycles. The maximum atomic E-state index is 10.7. The summed E-state index contributed by atoms with van der Waals surface area (Å²) in [5.74, 6) is -0.0484. The van der Waals surface area contributed by atoms with E-state index in [1.54, 1.807) is 0 Å². The summed E-state index contributed by atoms with van der Waals surface area (Å²) in [5, 5.41) is 19.3. The molecule has 0 atom stereocenters. The second-order valence-electron chi connectivity index (χ2n) is 4.38. The summed E-state index contributed by atoms with van der Waals surface area (Å²) in [6, 6.07) is 7.93. The molecular weight excluding hydrogens is 242 g/mol. The molecule has 0 bridgehead atoms. The number of aryl methyl sites for hydroxylation is 1. The van der Waals surface area contributed by atoms with Gasteiger partial charge < -0.3 is 10.0 Å². The molecule has 100 valence electrons. The van der Waals surface area contributed by atoms with Crippen molar-refractivity contribution in [2.45, 2.75) is 20.3 Å². The van der Waals surface area contributed by atoms with Gasteiger partial charge in [-0.25, -0.2) is 0 Å². The van der Waals surface area contributed by atoms with Gasteiger partial charge in [0.25, 0.3) is 0 Å². The van der Waals surface area contributed by atoms with E-state index in [4.69, 9.17) is 5.11 Å². The number of nitrogens with zero attached hydrogens (tertiary/aromatic N) is 3. The van der Waals surface area contributed by atoms with Crippen LogP contribution < -0.4 is 4.90 Å². The summed E-state index contributed by atoms with van der Waals surface area (Å²) in [6.07, 6.45) is 0.0950. The molecule has 0 aliphatic heterocycles. The molecule has 0 radical (unpaired) electrons. The van der Waals surface area contributed by atoms with Crippen LogP contribution in [0.4, 0.5) is 5.82 Å². The molecule has 5 heteroatoms. The fourth-order valence-electron chi connectivity index (χ4n) is 2.10. The summed E-state index contributed by atoms with van der Waals surface area (Å²) in [4.78, 5) is 12.7. The van der Waals surface area contributed by atoms with Gasteiger partial charge in [-0.05, 0) is 13.8 Å². The molecule has 2 aromatic rings. The number of benzene rings is 1. The van der Waals surface area contributed by atoms with Crippen molar-refractivity contribution in [3.05, 3.63) is 30.0 Å². The van der Waals surface area contributed by atoms with Crippen LogP contribution in [-0.2, 0) is 4.79 Å². The Balaban J connectivity index is 2.43. The molecule has 19 heavy (non-hydrogen) atoms. The third-order valence-corrected chi connectivity index (χ3v) is 3.13. The van der Waals surface area contributed by atoms with Crippen LogP contribution in [0, 0.1) is 6.92 Å². The number of fused-ring (bicyclic) bond motifs is 1. The van der Waals surface area contributed by atoms with E-state index < -0.39 is 5.97 Å². The average Bonchev–Trinajstić information content (AvgIpc) is 2.41. The lowest BCUT2D eigenvalue weighted by molar-refractivity contribution is -0.136. The Morgan fingerprint density at radius 3 is 2.58 bits per heavy atom. The van der Waals surface area contributed by atoms with Crippen LogP contribution in [0.25, 0.3) is 10.8 Å². The molecule has 0 aliphatic rings. The zero-order chi connectivity index (χ0) is 13.8. The summed E-state index contributed by atoms with van der Waals surface area (Å²) in [6.45, 7) is 5.05. The second-order valence-corrected chi connectivity index (χ2v) is 4.38. The molecule has 0 saturated heterocycles. The largest absolute Gasteiger partial charge is 0.481 e. The molecule has 5 nitrogen and oxygen atoms in total. The molecule has 1 N–H and O–H groups in total. The lowest BCUT2D eigenvalue weighted by atomic mass is 10.1. The van der Waals surface area contributed by atoms with E-state index in [0.29, 0.717) is 13.1 Å². The van der Waals surface area contributed by atoms with Gasteiger partial charge in [0, 0.05) is 23.9 Å². The fourth-order valence-corrected chi connectivity index (χ4v) is 2.10. The maximum Gasteiger partial charge on any atom is 0.305 e. The van der Waals surface area contributed by atoms with Crippen molar-refractivity contribution in [3.63, 3.8) is 0 Å². The van der Waals surface area contributed by atoms with Crippen LogP contribution in [0.2, 0.25) is 0 Å². The van der Waals surface area contributed by atoms with Crippen molar-refractivity contribution < 1.29 is 9.90 Å². The van der Waals surface area contributed by atoms with Crippen LogP contribution >= 0.6 is 0 Å². The lowest BCUT2D eigenvalue weighted by Crippen LogP contribution is -2.27. The van der Waals surface area contributed by atoms with Gasteiger partial charge in [0.1, 0.15) is 0 Å². The van der Waals surface area contributed by atoms with E-state index in [9.17, 15) is 4.79 Å². The van der Waals surface area contributed by atoms with E-state index >= 15 is 0 Å². The average molecular weight is 259 g/mol. The fraction of sp³-hybridized carbons (Fsp3) is 0.357. The zero-order valence-electron chi connectivity index (χ0n) is 11.1. The number of aromatic nitrogens is 2. The van der Waals surface area contributed by atoms with E-state index in [0.717, 1.165) is 22.3 Å². The highest BCUT2D eigenvalue weighted by Crippen LogP contribution is 2.25. The Hall–Kier alpha value is -2.17. The van der Waals surface area contributed by atoms with Crippen molar-refractivity contribution in [2.24, 2.45) is 0 Å². The second kappa shape index (κ2) is 5.65. The molecule has 2 rings (SSSR count). The smallest absolute Gasteiger partial charge is 0.305 e. The van der Waals surface area contributed by atoms with Gasteiger partial charge in [-0.1, -0.05) is 24.3 Å². The standard InChI is InChI=1S/C14H17N3O2/c1-3-17(9-8-13(18)19)14-12-7-5-4-6-11(12)10(2)15-16-14/h4-7H,3,8-9H2,1-2H3,(H,18,19). The highest BCUT2D eigenvalue weighted by Gasteiger charge is 2.13. The minimum Gasteiger partial charge on any atom is -0.481 e. The first-order valence-corrected chi connectivity index (χ1v) is 6.32. The number of hydrogen-bond acceptors (Lipinski definition) is 4. The van der Waals surface area contributed by atoms with Gasteiger partial charge >= 0.3 is 5.97 Å². The van der Waals surface area contributed by atoms with Gasteiger partial charge in [0.05, 0.1) is 12.1 Å². The van der Waals surface area contributed by atoms with Gasteiger partial charge in [-0.15, -0.1) is 5.10 Å². The number of aliphatic carboxylic acids is 1. The summed E-state index contributed by atoms with van der Waals surface area (Å²) >= 11 is 0. The van der Waals surface area contributed by atoms with Crippen LogP contribution in [0.5, 0.6) is 0 Å². The summed E-state index contributed by atoms with van der Waals surface area (Å²) in [5.41, 5.74) is 0.883. The zero-order valence-corrected chi connectivity index (χ0v) is 11.1. The predicted molar refractivity (Wildman–Crippen MR) is 74.4 cm³/mol. The van der Waals surface area contributed by atoms with Gasteiger partial charge in [0.15, 0.2) is 5.82 Å². The lowest BCUT2D eigenvalue weighted by Gasteiger charge is -2.22. The molecule has 1 aromatic heterocycles. The molecule has 0 aliphatic carbocycles. The minimum absolute atomic E-state index is 0.0950. The van der Waals surface area contributed by atoms with Gasteiger partial charge in [-0.2, -0.15) is 5.10 Å². The topological polar surface area (TPSA) is 66.3 Å². The summed E-state index contributed by atoms with van der Waals surface area (Å²) in [7, 11) is 0. The van der Waals surface area contributed by atoms with E-state index in [2.05, 4.69) is 10.2 Å². The monoisotopic (exact) mass is 259 g/mol. The molecule has 0 fully saturated rings. The van der Waals surface area contributed by atoms with Crippen molar-refractivity contribution in [2.75, 3.05) is 18.0 Å². The molecular formula is C14H17N3O2. The van der Waals surface area contributed by atoms with Gasteiger partial charge in [0.2, 0.25) is 0 Å². The SMILES string of the molecule is CCN(CCC(=O)O)c1nnc(C)c2ccccc12. The molecule has 0 spiro atoms. The summed E-state index contributed by atoms with van der Waals surface area (Å²) < 4.78 is 0. The molecule has 1 aromatic carbocycles. The Morgan fingerprint density at radius 2 is 1.95 bits per heavy atom. The third-order valence-electron chi connectivity index (χ3n) is 3.13. The van der Waals surface area contributed by atoms with E-state index in [-0.39, 0.29) is 6.42 Å². The van der Waals surface area contributed by atoms with E-state index in [1.807, 2.05) is 43.0 Å². The Bertz CT molecular complexity index is 598. The van der Waals surface area contributed by atoms with Crippen LogP contribution in [0.3, 0.4) is 0 Å². The third kappa shape index (κ3) is 2.81. The van der Waals surface area contributed by atoms with Crippen molar-refractivity contribution in [3.8, 4) is 0 Å². The number of rotatable bonds is 5. The minimum atomic E-state index is -0.803. The van der Waals surface area contributed by atoms with Crippen molar-refractivity contribution in [1.82, 2.24) is 10.2 Å². The first-order valence-electron chi connectivity index (χ1n) is 6.32. The predicted octanol–water partition coefficient (Wildman–Crippen LogP) is 2.24. The van der Waals surface area contributed by atoms with E-state index in [1.165, 1.54) is 0 Å². The highest BCUT2D eigenvalue weighted by atomic mass is 16.4. The normalized spacial score (nSPS) is 10.6. The Kier molecular flexibility index (Phi) is 3.94. The molecule has 1 heterocycles. The highest BCUT2D eigenvalue weighted by molar-refractivity contribution is 5.93. The Morgan fingerprint density at radius 1 is 1.26 bits per heavy atom. The van der Waals surface area contributed by atoms with Crippen LogP contribution in [0.15, 0.2) is 24.3 Å². The quantitative estimate of drug-likeness (QED) is 0.892. The molecule has 0 unspecified atom stereocenters. The van der Waals surface area contributed by atoms with Crippen LogP contribution in [-0.4, -0.2) is 34.4 Å². The first-order chi connectivity index (χ1) is 9.13. The first kappa shape index (κ1) is 13.3. The number of hydrogen-bond donors (Lipinski definition) is 1. The van der Waals surface area contributed by atoms with Crippen molar-refractivity contribution >= 4 is 22.6 Å². The molecule has 0 amide bonds. The number of carboxylic acids is 1. The number of carboxylic acid groups (broad SMARTS) is 1. The number of anilines is 1. The number of carbonyl (C=O) groups is 1. The van der Waals surface area contributed by atoms with Crippen molar-refractivity contribution in [1.29, 1.82) is 0 Å². The van der Waals surface area contributed by atoms with Crippen LogP contribution in [0.1, 0.15) is 19.0 Å². The Labute approximate surface area is 111 Å². The maximum absolute atomic E-state index is 10.7.